The molecule has 0 atom stereocenters. The van der Waals surface area contributed by atoms with Crippen LogP contribution in [0.5, 0.6) is 11.5 Å². The Bertz CT molecular complexity index is 1040. The highest BCUT2D eigenvalue weighted by molar-refractivity contribution is 5.96. The molecule has 1 aliphatic heterocycles. The second-order valence-electron chi connectivity index (χ2n) is 5.51. The maximum absolute atomic E-state index is 12.4. The lowest BCUT2D eigenvalue weighted by molar-refractivity contribution is 0.0996. The molecule has 1 aliphatic rings. The number of benzene rings is 1. The quantitative estimate of drug-likeness (QED) is 0.731. The van der Waals surface area contributed by atoms with E-state index in [0.717, 1.165) is 11.2 Å². The number of anilines is 1. The van der Waals surface area contributed by atoms with Gasteiger partial charge in [-0.3, -0.25) is 14.3 Å². The van der Waals surface area contributed by atoms with E-state index in [4.69, 9.17) is 4.74 Å². The summed E-state index contributed by atoms with van der Waals surface area (Å²) in [5.74, 6) is 0.594. The zero-order valence-corrected chi connectivity index (χ0v) is 13.4. The van der Waals surface area contributed by atoms with Gasteiger partial charge in [0.25, 0.3) is 5.91 Å². The Kier molecular flexibility index (Phi) is 3.57. The second-order valence-corrected chi connectivity index (χ2v) is 5.51. The van der Waals surface area contributed by atoms with E-state index in [1.165, 1.54) is 13.3 Å². The van der Waals surface area contributed by atoms with Crippen molar-refractivity contribution in [2.75, 3.05) is 19.0 Å². The van der Waals surface area contributed by atoms with Crippen LogP contribution in [0.2, 0.25) is 0 Å². The Hall–Kier alpha value is -3.42. The van der Waals surface area contributed by atoms with Crippen molar-refractivity contribution in [3.8, 4) is 11.5 Å². The van der Waals surface area contributed by atoms with E-state index < -0.39 is 5.91 Å². The number of nitrogens with zero attached hydrogens (tertiary/aromatic N) is 4. The van der Waals surface area contributed by atoms with Crippen LogP contribution in [-0.2, 0) is 6.54 Å². The van der Waals surface area contributed by atoms with Crippen LogP contribution in [0.4, 0.5) is 5.82 Å². The molecule has 25 heavy (non-hydrogen) atoms. The van der Waals surface area contributed by atoms with Gasteiger partial charge in [0.15, 0.2) is 11.5 Å². The molecule has 1 amide bonds. The number of rotatable bonds is 2. The summed E-state index contributed by atoms with van der Waals surface area (Å²) in [6.07, 6.45) is 3.05. The molecular weight excluding hydrogens is 322 g/mol. The van der Waals surface area contributed by atoms with Gasteiger partial charge in [-0.2, -0.15) is 4.99 Å². The summed E-state index contributed by atoms with van der Waals surface area (Å²) in [7, 11) is 1.46. The number of methoxy groups -OCH3 is 1. The van der Waals surface area contributed by atoms with Crippen molar-refractivity contribution in [2.45, 2.75) is 6.54 Å². The van der Waals surface area contributed by atoms with Gasteiger partial charge in [-0.05, 0) is 24.3 Å². The third-order valence-electron chi connectivity index (χ3n) is 4.03. The molecule has 2 aromatic heterocycles. The number of phenols is 1. The van der Waals surface area contributed by atoms with E-state index in [-0.39, 0.29) is 17.1 Å². The Morgan fingerprint density at radius 2 is 2.28 bits per heavy atom. The Morgan fingerprint density at radius 1 is 1.40 bits per heavy atom. The second kappa shape index (κ2) is 5.90. The lowest BCUT2D eigenvalue weighted by atomic mass is 10.2. The van der Waals surface area contributed by atoms with Gasteiger partial charge in [0, 0.05) is 30.9 Å². The fourth-order valence-corrected chi connectivity index (χ4v) is 2.89. The van der Waals surface area contributed by atoms with Crippen LogP contribution in [0.15, 0.2) is 41.7 Å². The molecule has 3 aromatic rings. The van der Waals surface area contributed by atoms with Crippen LogP contribution in [0, 0.1) is 0 Å². The molecule has 2 N–H and O–H groups in total. The van der Waals surface area contributed by atoms with Gasteiger partial charge < -0.3 is 15.2 Å². The van der Waals surface area contributed by atoms with Gasteiger partial charge in [0.1, 0.15) is 11.3 Å². The van der Waals surface area contributed by atoms with Crippen LogP contribution in [0.1, 0.15) is 10.4 Å². The molecule has 0 saturated carbocycles. The van der Waals surface area contributed by atoms with Crippen molar-refractivity contribution in [3.63, 3.8) is 0 Å². The predicted octanol–water partition coefficient (Wildman–Crippen LogP) is 1.31. The molecule has 1 aromatic carbocycles. The van der Waals surface area contributed by atoms with Gasteiger partial charge in [-0.1, -0.05) is 0 Å². The van der Waals surface area contributed by atoms with Crippen LogP contribution >= 0.6 is 0 Å². The molecule has 8 heteroatoms. The number of aromatic nitrogens is 3. The molecule has 0 saturated heterocycles. The molecule has 0 spiro atoms. The molecule has 0 radical (unpaired) electrons. The highest BCUT2D eigenvalue weighted by atomic mass is 16.5. The number of carbonyl (C=O) groups is 1. The highest BCUT2D eigenvalue weighted by Gasteiger charge is 2.19. The summed E-state index contributed by atoms with van der Waals surface area (Å²) < 4.78 is 7.12. The number of phenolic OH excluding ortho intramolecular Hbond substituents is 1. The summed E-state index contributed by atoms with van der Waals surface area (Å²) >= 11 is 0. The number of pyridine rings is 1. The normalized spacial score (nSPS) is 13.6. The van der Waals surface area contributed by atoms with E-state index in [1.54, 1.807) is 30.5 Å². The van der Waals surface area contributed by atoms with Gasteiger partial charge in [-0.25, -0.2) is 4.98 Å². The molecule has 126 valence electrons. The lowest BCUT2D eigenvalue weighted by Gasteiger charge is -2.11. The SMILES string of the molecule is COc1c(O)ccc2c3n(c(=NC(=O)c4cccnc4)nc12)CCN3. The first-order chi connectivity index (χ1) is 12.2. The van der Waals surface area contributed by atoms with Crippen molar-refractivity contribution in [3.05, 3.63) is 47.8 Å². The summed E-state index contributed by atoms with van der Waals surface area (Å²) in [5.41, 5.74) is 1.08. The maximum Gasteiger partial charge on any atom is 0.281 e. The standard InChI is InChI=1S/C17H15N5O3/c1-25-14-12(23)5-4-11-13(14)20-17(22-8-7-19-15(11)22)21-16(24)10-3-2-6-18-9-10/h2-6,9,19,23H,7-8H2,1H3. The number of aromatic hydroxyl groups is 1. The minimum Gasteiger partial charge on any atom is -0.504 e. The van der Waals surface area contributed by atoms with Crippen molar-refractivity contribution >= 4 is 22.6 Å². The molecule has 3 heterocycles. The number of ether oxygens (including phenoxy) is 1. The van der Waals surface area contributed by atoms with Crippen LogP contribution in [0.25, 0.3) is 10.9 Å². The molecular formula is C17H15N5O3. The monoisotopic (exact) mass is 337 g/mol. The summed E-state index contributed by atoms with van der Waals surface area (Å²) in [5, 5.41) is 14.1. The summed E-state index contributed by atoms with van der Waals surface area (Å²) in [4.78, 5) is 25.0. The van der Waals surface area contributed by atoms with Crippen LogP contribution < -0.4 is 15.7 Å². The molecule has 8 nitrogen and oxygen atoms in total. The minimum atomic E-state index is -0.430. The fourth-order valence-electron chi connectivity index (χ4n) is 2.89. The average Bonchev–Trinajstić information content (AvgIpc) is 3.12. The van der Waals surface area contributed by atoms with Crippen LogP contribution in [0.3, 0.4) is 0 Å². The Balaban J connectivity index is 1.98. The van der Waals surface area contributed by atoms with Gasteiger partial charge in [0.05, 0.1) is 12.7 Å². The number of carbonyl (C=O) groups excluding carboxylic acids is 1. The summed E-state index contributed by atoms with van der Waals surface area (Å²) in [6.45, 7) is 1.34. The number of hydrogen-bond donors (Lipinski definition) is 2. The Morgan fingerprint density at radius 3 is 3.04 bits per heavy atom. The van der Waals surface area contributed by atoms with Gasteiger partial charge >= 0.3 is 0 Å². The molecule has 0 bridgehead atoms. The van der Waals surface area contributed by atoms with E-state index >= 15 is 0 Å². The molecule has 0 fully saturated rings. The fraction of sp³-hybridized carbons (Fsp3) is 0.176. The molecule has 4 rings (SSSR count). The van der Waals surface area contributed by atoms with E-state index in [1.807, 2.05) is 4.57 Å². The van der Waals surface area contributed by atoms with Crippen molar-refractivity contribution < 1.29 is 14.6 Å². The third-order valence-corrected chi connectivity index (χ3v) is 4.03. The lowest BCUT2D eigenvalue weighted by Crippen LogP contribution is -2.25. The minimum absolute atomic E-state index is 0.0185. The largest absolute Gasteiger partial charge is 0.504 e. The van der Waals surface area contributed by atoms with E-state index in [9.17, 15) is 9.90 Å². The first kappa shape index (κ1) is 15.1. The topological polar surface area (TPSA) is 102 Å². The van der Waals surface area contributed by atoms with E-state index in [2.05, 4.69) is 20.3 Å². The van der Waals surface area contributed by atoms with Crippen molar-refractivity contribution in [1.29, 1.82) is 0 Å². The molecule has 0 unspecified atom stereocenters. The van der Waals surface area contributed by atoms with Gasteiger partial charge in [-0.15, -0.1) is 0 Å². The number of fused-ring (bicyclic) bond motifs is 3. The first-order valence-corrected chi connectivity index (χ1v) is 7.72. The molecule has 0 aliphatic carbocycles. The number of hydrogen-bond acceptors (Lipinski definition) is 6. The smallest absolute Gasteiger partial charge is 0.281 e. The van der Waals surface area contributed by atoms with Crippen molar-refractivity contribution in [1.82, 2.24) is 14.5 Å². The maximum atomic E-state index is 12.4. The summed E-state index contributed by atoms with van der Waals surface area (Å²) in [6, 6.07) is 6.64. The highest BCUT2D eigenvalue weighted by Crippen LogP contribution is 2.36. The predicted molar refractivity (Wildman–Crippen MR) is 90.6 cm³/mol. The average molecular weight is 337 g/mol. The van der Waals surface area contributed by atoms with Gasteiger partial charge in [0.2, 0.25) is 5.62 Å². The number of nitrogens with one attached hydrogen (secondary N) is 1. The zero-order valence-electron chi connectivity index (χ0n) is 13.4. The van der Waals surface area contributed by atoms with Crippen LogP contribution in [-0.4, -0.2) is 39.2 Å². The zero-order chi connectivity index (χ0) is 17.4. The van der Waals surface area contributed by atoms with Crippen molar-refractivity contribution in [2.24, 2.45) is 4.99 Å². The van der Waals surface area contributed by atoms with E-state index in [0.29, 0.717) is 24.2 Å². The number of amides is 1. The Labute approximate surface area is 142 Å². The first-order valence-electron chi connectivity index (χ1n) is 7.72. The third kappa shape index (κ3) is 2.47.